The zero-order valence-electron chi connectivity index (χ0n) is 24.1. The quantitative estimate of drug-likeness (QED) is 0.204. The number of aryl methyl sites for hydroxylation is 2. The Hall–Kier alpha value is -3.84. The molecule has 0 aromatic heterocycles. The maximum Gasteiger partial charge on any atom is 0.415 e. The Bertz CT molecular complexity index is 1380. The molecule has 1 amide bonds. The average molecular weight is 578 g/mol. The number of Topliss-reactive ketones (excluding diaryl/α,β-unsaturated/α-hetero) is 1. The molecule has 8 heteroatoms. The molecule has 1 heterocycles. The third-order valence-electron chi connectivity index (χ3n) is 7.26. The molecule has 0 spiro atoms. The number of halogens is 1. The van der Waals surface area contributed by atoms with Crippen LogP contribution in [0.3, 0.4) is 0 Å². The number of nitrogens with zero attached hydrogens (tertiary/aromatic N) is 1. The topological polar surface area (TPSA) is 82.1 Å². The summed E-state index contributed by atoms with van der Waals surface area (Å²) < 4.78 is 16.9. The summed E-state index contributed by atoms with van der Waals surface area (Å²) in [6, 6.07) is 19.8. The fraction of sp³-hybridized carbons (Fsp3) is 0.364. The van der Waals surface area contributed by atoms with Gasteiger partial charge < -0.3 is 19.1 Å². The summed E-state index contributed by atoms with van der Waals surface area (Å²) >= 11 is 6.05. The molecule has 3 aromatic carbocycles. The molecule has 0 bridgehead atoms. The van der Waals surface area contributed by atoms with Crippen LogP contribution in [0.15, 0.2) is 66.7 Å². The molecule has 0 N–H and O–H groups in total. The Kier molecular flexibility index (Phi) is 9.38. The summed E-state index contributed by atoms with van der Waals surface area (Å²) in [7, 11) is 0. The van der Waals surface area contributed by atoms with E-state index in [1.54, 1.807) is 74.2 Å². The first-order valence-electron chi connectivity index (χ1n) is 13.8. The van der Waals surface area contributed by atoms with Gasteiger partial charge in [-0.05, 0) is 100 Å². The van der Waals surface area contributed by atoms with E-state index in [1.807, 2.05) is 32.0 Å². The molecule has 41 heavy (non-hydrogen) atoms. The fourth-order valence-corrected chi connectivity index (χ4v) is 5.36. The molecular weight excluding hydrogens is 542 g/mol. The molecule has 0 aliphatic carbocycles. The van der Waals surface area contributed by atoms with E-state index in [4.69, 9.17) is 25.8 Å². The van der Waals surface area contributed by atoms with Crippen molar-refractivity contribution in [2.45, 2.75) is 46.6 Å². The molecule has 2 atom stereocenters. The van der Waals surface area contributed by atoms with Crippen LogP contribution in [0, 0.1) is 25.7 Å². The highest BCUT2D eigenvalue weighted by molar-refractivity contribution is 6.30. The Morgan fingerprint density at radius 1 is 0.951 bits per heavy atom. The molecule has 1 saturated heterocycles. The first-order chi connectivity index (χ1) is 19.5. The summed E-state index contributed by atoms with van der Waals surface area (Å²) in [5.41, 5.74) is 2.17. The van der Waals surface area contributed by atoms with Crippen molar-refractivity contribution in [2.24, 2.45) is 11.8 Å². The van der Waals surface area contributed by atoms with E-state index in [2.05, 4.69) is 0 Å². The maximum atomic E-state index is 13.7. The third-order valence-corrected chi connectivity index (χ3v) is 7.51. The standard InChI is InChI=1S/C33H36ClNO6/c1-6-39-31(37)33(4,5)41-30-21(2)16-23(17-22(30)3)18-25-19-35(32(38)40-27-10-8-7-9-11-27)20-28(25)29(36)24-12-14-26(34)15-13-24/h7-17,25,28H,6,18-20H2,1-5H3. The predicted molar refractivity (Wildman–Crippen MR) is 158 cm³/mol. The highest BCUT2D eigenvalue weighted by Gasteiger charge is 2.41. The normalized spacial score (nSPS) is 16.8. The molecular formula is C33H36ClNO6. The molecule has 0 radical (unpaired) electrons. The number of para-hydroxylation sites is 1. The summed E-state index contributed by atoms with van der Waals surface area (Å²) in [6.45, 7) is 9.90. The molecule has 0 saturated carbocycles. The summed E-state index contributed by atoms with van der Waals surface area (Å²) in [5.74, 6) is 0.0575. The highest BCUT2D eigenvalue weighted by atomic mass is 35.5. The first-order valence-corrected chi connectivity index (χ1v) is 14.1. The van der Waals surface area contributed by atoms with E-state index in [-0.39, 0.29) is 24.9 Å². The minimum Gasteiger partial charge on any atom is -0.476 e. The van der Waals surface area contributed by atoms with E-state index >= 15 is 0 Å². The van der Waals surface area contributed by atoms with Gasteiger partial charge in [0, 0.05) is 29.6 Å². The predicted octanol–water partition coefficient (Wildman–Crippen LogP) is 6.85. The zero-order chi connectivity index (χ0) is 29.7. The number of amides is 1. The van der Waals surface area contributed by atoms with Crippen molar-refractivity contribution in [1.29, 1.82) is 0 Å². The minimum absolute atomic E-state index is 0.0359. The van der Waals surface area contributed by atoms with Crippen molar-refractivity contribution in [1.82, 2.24) is 4.90 Å². The molecule has 7 nitrogen and oxygen atoms in total. The van der Waals surface area contributed by atoms with Crippen LogP contribution in [0.4, 0.5) is 4.79 Å². The molecule has 4 rings (SSSR count). The van der Waals surface area contributed by atoms with E-state index in [0.717, 1.165) is 16.7 Å². The SMILES string of the molecule is CCOC(=O)C(C)(C)Oc1c(C)cc(CC2CN(C(=O)Oc3ccccc3)CC2C(=O)c2ccc(Cl)cc2)cc1C. The fourth-order valence-electron chi connectivity index (χ4n) is 5.23. The lowest BCUT2D eigenvalue weighted by atomic mass is 9.84. The number of esters is 1. The van der Waals surface area contributed by atoms with Crippen LogP contribution in [0.2, 0.25) is 5.02 Å². The minimum atomic E-state index is -1.14. The second-order valence-corrected chi connectivity index (χ2v) is 11.4. The number of carbonyl (C=O) groups is 3. The number of benzene rings is 3. The number of carbonyl (C=O) groups excluding carboxylic acids is 3. The first kappa shape index (κ1) is 30.1. The van der Waals surface area contributed by atoms with Gasteiger partial charge in [-0.25, -0.2) is 9.59 Å². The summed E-state index contributed by atoms with van der Waals surface area (Å²) in [5, 5.41) is 0.553. The summed E-state index contributed by atoms with van der Waals surface area (Å²) in [6.07, 6.45) is 0.0902. The largest absolute Gasteiger partial charge is 0.476 e. The van der Waals surface area contributed by atoms with Crippen LogP contribution in [-0.4, -0.2) is 48.0 Å². The lowest BCUT2D eigenvalue weighted by Gasteiger charge is -2.27. The van der Waals surface area contributed by atoms with Gasteiger partial charge in [-0.3, -0.25) is 4.79 Å². The Labute approximate surface area is 246 Å². The van der Waals surface area contributed by atoms with Crippen LogP contribution >= 0.6 is 11.6 Å². The number of ether oxygens (including phenoxy) is 3. The number of likely N-dealkylation sites (tertiary alicyclic amines) is 1. The van der Waals surface area contributed by atoms with Gasteiger partial charge in [0.25, 0.3) is 0 Å². The molecule has 1 fully saturated rings. The average Bonchev–Trinajstić information content (AvgIpc) is 3.35. The zero-order valence-corrected chi connectivity index (χ0v) is 24.9. The smallest absolute Gasteiger partial charge is 0.415 e. The van der Waals surface area contributed by atoms with Crippen molar-refractivity contribution in [2.75, 3.05) is 19.7 Å². The highest BCUT2D eigenvalue weighted by Crippen LogP contribution is 2.34. The van der Waals surface area contributed by atoms with Crippen molar-refractivity contribution >= 4 is 29.4 Å². The number of hydrogen-bond donors (Lipinski definition) is 0. The van der Waals surface area contributed by atoms with Gasteiger partial charge >= 0.3 is 12.1 Å². The molecule has 1 aliphatic rings. The van der Waals surface area contributed by atoms with E-state index in [9.17, 15) is 14.4 Å². The molecule has 3 aromatic rings. The van der Waals surface area contributed by atoms with Crippen molar-refractivity contribution < 1.29 is 28.6 Å². The van der Waals surface area contributed by atoms with Crippen LogP contribution in [-0.2, 0) is 16.0 Å². The van der Waals surface area contributed by atoms with Gasteiger partial charge in [0.2, 0.25) is 0 Å². The van der Waals surface area contributed by atoms with Crippen LogP contribution < -0.4 is 9.47 Å². The number of rotatable bonds is 9. The van der Waals surface area contributed by atoms with Crippen LogP contribution in [0.1, 0.15) is 47.8 Å². The molecule has 2 unspecified atom stereocenters. The third kappa shape index (κ3) is 7.27. The van der Waals surface area contributed by atoms with Gasteiger partial charge in [0.15, 0.2) is 11.4 Å². The van der Waals surface area contributed by atoms with Crippen molar-refractivity contribution in [3.05, 3.63) is 94.0 Å². The van der Waals surface area contributed by atoms with Crippen molar-refractivity contribution in [3.63, 3.8) is 0 Å². The Morgan fingerprint density at radius 3 is 2.20 bits per heavy atom. The second kappa shape index (κ2) is 12.8. The lowest BCUT2D eigenvalue weighted by molar-refractivity contribution is -0.158. The van der Waals surface area contributed by atoms with E-state index in [1.165, 1.54) is 0 Å². The van der Waals surface area contributed by atoms with E-state index in [0.29, 0.717) is 35.1 Å². The number of ketones is 1. The van der Waals surface area contributed by atoms with Gasteiger partial charge in [0.1, 0.15) is 11.5 Å². The van der Waals surface area contributed by atoms with Gasteiger partial charge in [-0.1, -0.05) is 41.9 Å². The van der Waals surface area contributed by atoms with Crippen LogP contribution in [0.25, 0.3) is 0 Å². The Morgan fingerprint density at radius 2 is 1.59 bits per heavy atom. The van der Waals surface area contributed by atoms with Gasteiger partial charge in [-0.15, -0.1) is 0 Å². The number of hydrogen-bond acceptors (Lipinski definition) is 6. The van der Waals surface area contributed by atoms with Crippen molar-refractivity contribution in [3.8, 4) is 11.5 Å². The second-order valence-electron chi connectivity index (χ2n) is 10.9. The summed E-state index contributed by atoms with van der Waals surface area (Å²) in [4.78, 5) is 40.7. The molecule has 1 aliphatic heterocycles. The maximum absolute atomic E-state index is 13.7. The van der Waals surface area contributed by atoms with Gasteiger partial charge in [0.05, 0.1) is 6.61 Å². The monoisotopic (exact) mass is 577 g/mol. The Balaban J connectivity index is 1.57. The van der Waals surface area contributed by atoms with Gasteiger partial charge in [-0.2, -0.15) is 0 Å². The molecule has 216 valence electrons. The van der Waals surface area contributed by atoms with Crippen LogP contribution in [0.5, 0.6) is 11.5 Å². The van der Waals surface area contributed by atoms with E-state index < -0.39 is 23.6 Å². The lowest BCUT2D eigenvalue weighted by Crippen LogP contribution is -2.40.